The van der Waals surface area contributed by atoms with Crippen LogP contribution in [-0.4, -0.2) is 5.91 Å². The number of nitriles is 1. The van der Waals surface area contributed by atoms with Gasteiger partial charge in [-0.15, -0.1) is 0 Å². The third-order valence-corrected chi connectivity index (χ3v) is 3.98. The Balaban J connectivity index is 2.33. The number of nitrogens with two attached hydrogens (primary N) is 2. The number of hydrogen-bond acceptors (Lipinski definition) is 3. The highest BCUT2D eigenvalue weighted by molar-refractivity contribution is 5.84. The molecule has 1 unspecified atom stereocenters. The average molecular weight is 257 g/mol. The number of nitrogen functional groups attached to an aromatic ring is 1. The van der Waals surface area contributed by atoms with Crippen molar-refractivity contribution in [3.05, 3.63) is 29.3 Å². The lowest BCUT2D eigenvalue weighted by atomic mass is 9.76. The second-order valence-corrected chi connectivity index (χ2v) is 5.23. The summed E-state index contributed by atoms with van der Waals surface area (Å²) in [6, 6.07) is 7.14. The van der Waals surface area contributed by atoms with E-state index in [-0.39, 0.29) is 17.7 Å². The van der Waals surface area contributed by atoms with Crippen molar-refractivity contribution < 1.29 is 4.79 Å². The lowest BCUT2D eigenvalue weighted by molar-refractivity contribution is -0.120. The molecule has 0 aliphatic heterocycles. The molecule has 0 aromatic heterocycles. The number of anilines is 1. The lowest BCUT2D eigenvalue weighted by Gasteiger charge is -2.29. The zero-order chi connectivity index (χ0) is 13.8. The van der Waals surface area contributed by atoms with E-state index in [9.17, 15) is 4.79 Å². The van der Waals surface area contributed by atoms with Gasteiger partial charge >= 0.3 is 0 Å². The van der Waals surface area contributed by atoms with Crippen molar-refractivity contribution in [2.45, 2.75) is 38.0 Å². The fourth-order valence-corrected chi connectivity index (χ4v) is 3.03. The SMILES string of the molecule is N#Cc1ccc(C(C(N)=O)C2CCCCC2)c(N)c1. The van der Waals surface area contributed by atoms with E-state index in [1.165, 1.54) is 6.42 Å². The van der Waals surface area contributed by atoms with Crippen molar-refractivity contribution in [2.75, 3.05) is 5.73 Å². The van der Waals surface area contributed by atoms with Gasteiger partial charge in [0.1, 0.15) is 0 Å². The lowest BCUT2D eigenvalue weighted by Crippen LogP contribution is -2.30. The van der Waals surface area contributed by atoms with Gasteiger partial charge in [0.2, 0.25) is 5.91 Å². The maximum absolute atomic E-state index is 11.8. The number of rotatable bonds is 3. The van der Waals surface area contributed by atoms with E-state index in [2.05, 4.69) is 0 Å². The smallest absolute Gasteiger partial charge is 0.225 e. The van der Waals surface area contributed by atoms with E-state index in [0.717, 1.165) is 31.2 Å². The van der Waals surface area contributed by atoms with Crippen LogP contribution in [0, 0.1) is 17.2 Å². The first-order chi connectivity index (χ1) is 9.13. The molecule has 1 aromatic carbocycles. The summed E-state index contributed by atoms with van der Waals surface area (Å²) in [5.74, 6) is -0.363. The van der Waals surface area contributed by atoms with Gasteiger partial charge in [-0.1, -0.05) is 25.3 Å². The number of carbonyl (C=O) groups excluding carboxylic acids is 1. The Morgan fingerprint density at radius 2 is 2.00 bits per heavy atom. The summed E-state index contributed by atoms with van der Waals surface area (Å²) < 4.78 is 0. The summed E-state index contributed by atoms with van der Waals surface area (Å²) in [6.45, 7) is 0. The van der Waals surface area contributed by atoms with E-state index in [4.69, 9.17) is 16.7 Å². The third-order valence-electron chi connectivity index (χ3n) is 3.98. The Morgan fingerprint density at radius 1 is 1.32 bits per heavy atom. The van der Waals surface area contributed by atoms with Crippen LogP contribution in [0.25, 0.3) is 0 Å². The number of carbonyl (C=O) groups is 1. The minimum Gasteiger partial charge on any atom is -0.398 e. The molecule has 4 heteroatoms. The van der Waals surface area contributed by atoms with Crippen LogP contribution in [0.3, 0.4) is 0 Å². The van der Waals surface area contributed by atoms with Gasteiger partial charge in [0.25, 0.3) is 0 Å². The molecule has 0 bridgehead atoms. The van der Waals surface area contributed by atoms with Crippen LogP contribution in [0.1, 0.15) is 49.1 Å². The second-order valence-electron chi connectivity index (χ2n) is 5.23. The first-order valence-electron chi connectivity index (χ1n) is 6.72. The number of nitrogens with zero attached hydrogens (tertiary/aromatic N) is 1. The number of primary amides is 1. The predicted molar refractivity (Wildman–Crippen MR) is 74.1 cm³/mol. The van der Waals surface area contributed by atoms with E-state index in [1.807, 2.05) is 6.07 Å². The molecule has 0 heterocycles. The van der Waals surface area contributed by atoms with Gasteiger partial charge in [-0.05, 0) is 36.5 Å². The van der Waals surface area contributed by atoms with Gasteiger partial charge in [0.15, 0.2) is 0 Å². The normalized spacial score (nSPS) is 17.6. The van der Waals surface area contributed by atoms with Crippen molar-refractivity contribution in [1.29, 1.82) is 5.26 Å². The van der Waals surface area contributed by atoms with Gasteiger partial charge in [-0.25, -0.2) is 0 Å². The Morgan fingerprint density at radius 3 is 2.53 bits per heavy atom. The minimum atomic E-state index is -0.326. The number of amides is 1. The molecule has 1 aromatic rings. The summed E-state index contributed by atoms with van der Waals surface area (Å²) in [7, 11) is 0. The van der Waals surface area contributed by atoms with Crippen LogP contribution in [0.4, 0.5) is 5.69 Å². The molecule has 1 aliphatic carbocycles. The highest BCUT2D eigenvalue weighted by Crippen LogP contribution is 2.38. The molecule has 100 valence electrons. The highest BCUT2D eigenvalue weighted by Gasteiger charge is 2.30. The Bertz CT molecular complexity index is 513. The van der Waals surface area contributed by atoms with Crippen LogP contribution in [0.2, 0.25) is 0 Å². The Kier molecular flexibility index (Phi) is 4.06. The van der Waals surface area contributed by atoms with Crippen LogP contribution in [-0.2, 0) is 4.79 Å². The average Bonchev–Trinajstić information content (AvgIpc) is 2.41. The van der Waals surface area contributed by atoms with Crippen molar-refractivity contribution >= 4 is 11.6 Å². The second kappa shape index (κ2) is 5.75. The maximum atomic E-state index is 11.8. The summed E-state index contributed by atoms with van der Waals surface area (Å²) in [6.07, 6.45) is 5.56. The fraction of sp³-hybridized carbons (Fsp3) is 0.467. The predicted octanol–water partition coefficient (Wildman–Crippen LogP) is 2.29. The molecule has 1 amide bonds. The van der Waals surface area contributed by atoms with Crippen molar-refractivity contribution in [3.8, 4) is 6.07 Å². The Labute approximate surface area is 113 Å². The van der Waals surface area contributed by atoms with Gasteiger partial charge in [0, 0.05) is 5.69 Å². The van der Waals surface area contributed by atoms with Crippen LogP contribution in [0.15, 0.2) is 18.2 Å². The monoisotopic (exact) mass is 257 g/mol. The van der Waals surface area contributed by atoms with E-state index < -0.39 is 0 Å². The maximum Gasteiger partial charge on any atom is 0.225 e. The molecular weight excluding hydrogens is 238 g/mol. The molecule has 1 saturated carbocycles. The zero-order valence-corrected chi connectivity index (χ0v) is 10.9. The molecule has 1 fully saturated rings. The molecule has 1 atom stereocenters. The van der Waals surface area contributed by atoms with Crippen LogP contribution in [0.5, 0.6) is 0 Å². The highest BCUT2D eigenvalue weighted by atomic mass is 16.1. The molecule has 4 N–H and O–H groups in total. The Hall–Kier alpha value is -2.02. The summed E-state index contributed by atoms with van der Waals surface area (Å²) >= 11 is 0. The molecule has 0 saturated heterocycles. The summed E-state index contributed by atoms with van der Waals surface area (Å²) in [4.78, 5) is 11.8. The molecule has 1 aliphatic rings. The van der Waals surface area contributed by atoms with E-state index in [0.29, 0.717) is 11.3 Å². The molecule has 0 spiro atoms. The van der Waals surface area contributed by atoms with Crippen LogP contribution < -0.4 is 11.5 Å². The van der Waals surface area contributed by atoms with E-state index in [1.54, 1.807) is 18.2 Å². The summed E-state index contributed by atoms with van der Waals surface area (Å²) in [5, 5.41) is 8.85. The minimum absolute atomic E-state index is 0.279. The summed E-state index contributed by atoms with van der Waals surface area (Å²) in [5.41, 5.74) is 13.3. The molecule has 0 radical (unpaired) electrons. The van der Waals surface area contributed by atoms with Gasteiger partial charge < -0.3 is 11.5 Å². The van der Waals surface area contributed by atoms with Gasteiger partial charge in [-0.2, -0.15) is 5.26 Å². The van der Waals surface area contributed by atoms with Crippen molar-refractivity contribution in [2.24, 2.45) is 11.7 Å². The van der Waals surface area contributed by atoms with Gasteiger partial charge in [-0.3, -0.25) is 4.79 Å². The quantitative estimate of drug-likeness (QED) is 0.813. The first kappa shape index (κ1) is 13.4. The number of benzene rings is 1. The molecule has 4 nitrogen and oxygen atoms in total. The van der Waals surface area contributed by atoms with Gasteiger partial charge in [0.05, 0.1) is 17.6 Å². The first-order valence-corrected chi connectivity index (χ1v) is 6.72. The molecule has 19 heavy (non-hydrogen) atoms. The topological polar surface area (TPSA) is 92.9 Å². The number of hydrogen-bond donors (Lipinski definition) is 2. The van der Waals surface area contributed by atoms with Crippen molar-refractivity contribution in [1.82, 2.24) is 0 Å². The van der Waals surface area contributed by atoms with E-state index >= 15 is 0 Å². The van der Waals surface area contributed by atoms with Crippen LogP contribution >= 0.6 is 0 Å². The zero-order valence-electron chi connectivity index (χ0n) is 10.9. The molecular formula is C15H19N3O. The van der Waals surface area contributed by atoms with Crippen molar-refractivity contribution in [3.63, 3.8) is 0 Å². The largest absolute Gasteiger partial charge is 0.398 e. The third kappa shape index (κ3) is 2.87. The molecule has 2 rings (SSSR count). The standard InChI is InChI=1S/C15H19N3O/c16-9-10-6-7-12(13(17)8-10)14(15(18)19)11-4-2-1-3-5-11/h6-8,11,14H,1-5,17H2,(H2,18,19). The fourth-order valence-electron chi connectivity index (χ4n) is 3.03.